The van der Waals surface area contributed by atoms with E-state index in [-0.39, 0.29) is 12.0 Å². The average Bonchev–Trinajstić information content (AvgIpc) is 2.30. The molecule has 1 fully saturated rings. The number of rotatable bonds is 2. The van der Waals surface area contributed by atoms with E-state index < -0.39 is 16.9 Å². The number of halogens is 4. The molecule has 4 nitrogen and oxygen atoms in total. The molecule has 0 atom stereocenters. The van der Waals surface area contributed by atoms with Crippen LogP contribution in [0.5, 0.6) is 0 Å². The lowest BCUT2D eigenvalue weighted by molar-refractivity contribution is -0.137. The Balaban J connectivity index is 2.04. The molecule has 19 heavy (non-hydrogen) atoms. The Morgan fingerprint density at radius 2 is 2.00 bits per heavy atom. The van der Waals surface area contributed by atoms with Gasteiger partial charge in [-0.15, -0.1) is 0 Å². The molecule has 1 aliphatic heterocycles. The maximum Gasteiger partial charge on any atom is 0.420 e. The Labute approximate surface area is 114 Å². The molecule has 0 spiro atoms. The van der Waals surface area contributed by atoms with Crippen molar-refractivity contribution in [3.05, 3.63) is 16.9 Å². The van der Waals surface area contributed by atoms with Crippen molar-refractivity contribution in [2.45, 2.75) is 25.1 Å². The minimum atomic E-state index is -4.52. The normalized spacial score (nSPS) is 18.6. The first-order valence-electron chi connectivity index (χ1n) is 5.91. The zero-order valence-electron chi connectivity index (χ0n) is 10.3. The van der Waals surface area contributed by atoms with E-state index in [2.05, 4.69) is 20.2 Å². The number of aromatic nitrogens is 2. The molecule has 106 valence electrons. The molecular formula is C11H14ClF3N4. The summed E-state index contributed by atoms with van der Waals surface area (Å²) in [6, 6.07) is 0.170. The van der Waals surface area contributed by atoms with Gasteiger partial charge in [-0.25, -0.2) is 9.97 Å². The third-order valence-electron chi connectivity index (χ3n) is 3.10. The molecule has 1 N–H and O–H groups in total. The van der Waals surface area contributed by atoms with Crippen LogP contribution in [-0.2, 0) is 6.18 Å². The van der Waals surface area contributed by atoms with E-state index in [1.807, 2.05) is 7.05 Å². The van der Waals surface area contributed by atoms with Gasteiger partial charge in [0, 0.05) is 12.2 Å². The highest BCUT2D eigenvalue weighted by molar-refractivity contribution is 6.30. The molecule has 0 unspecified atom stereocenters. The van der Waals surface area contributed by atoms with E-state index >= 15 is 0 Å². The van der Waals surface area contributed by atoms with Gasteiger partial charge in [-0.3, -0.25) is 0 Å². The molecule has 0 amide bonds. The summed E-state index contributed by atoms with van der Waals surface area (Å²) in [6.07, 6.45) is -2.01. The first kappa shape index (κ1) is 14.3. The molecule has 0 bridgehead atoms. The van der Waals surface area contributed by atoms with Crippen LogP contribution in [0.2, 0.25) is 5.15 Å². The number of likely N-dealkylation sites (tertiary alicyclic amines) is 1. The van der Waals surface area contributed by atoms with E-state index in [0.717, 1.165) is 25.9 Å². The molecule has 0 aliphatic carbocycles. The molecule has 0 saturated carbocycles. The van der Waals surface area contributed by atoms with Crippen molar-refractivity contribution in [3.63, 3.8) is 0 Å². The van der Waals surface area contributed by atoms with Crippen molar-refractivity contribution < 1.29 is 13.2 Å². The van der Waals surface area contributed by atoms with Crippen LogP contribution in [0.4, 0.5) is 19.1 Å². The first-order valence-corrected chi connectivity index (χ1v) is 6.29. The molecule has 2 heterocycles. The van der Waals surface area contributed by atoms with Gasteiger partial charge in [0.25, 0.3) is 0 Å². The Bertz CT molecular complexity index is 444. The molecule has 2 rings (SSSR count). The highest BCUT2D eigenvalue weighted by Crippen LogP contribution is 2.33. The van der Waals surface area contributed by atoms with E-state index in [1.54, 1.807) is 0 Å². The molecule has 1 aliphatic rings. The Morgan fingerprint density at radius 1 is 1.37 bits per heavy atom. The van der Waals surface area contributed by atoms with Crippen LogP contribution < -0.4 is 5.32 Å². The van der Waals surface area contributed by atoms with Crippen LogP contribution in [0.25, 0.3) is 0 Å². The second kappa shape index (κ2) is 5.50. The highest BCUT2D eigenvalue weighted by Gasteiger charge is 2.34. The van der Waals surface area contributed by atoms with Crippen molar-refractivity contribution in [2.24, 2.45) is 0 Å². The Morgan fingerprint density at radius 3 is 2.53 bits per heavy atom. The van der Waals surface area contributed by atoms with Crippen LogP contribution in [0, 0.1) is 0 Å². The van der Waals surface area contributed by atoms with Crippen molar-refractivity contribution in [2.75, 3.05) is 25.5 Å². The number of anilines is 1. The van der Waals surface area contributed by atoms with Gasteiger partial charge in [0.1, 0.15) is 10.7 Å². The molecule has 1 saturated heterocycles. The topological polar surface area (TPSA) is 41.0 Å². The fourth-order valence-corrected chi connectivity index (χ4v) is 2.19. The van der Waals surface area contributed by atoms with E-state index in [4.69, 9.17) is 11.6 Å². The minimum Gasteiger partial charge on any atom is -0.351 e. The predicted molar refractivity (Wildman–Crippen MR) is 66.2 cm³/mol. The minimum absolute atomic E-state index is 0.146. The second-order valence-corrected chi connectivity index (χ2v) is 4.98. The van der Waals surface area contributed by atoms with Crippen molar-refractivity contribution >= 4 is 17.5 Å². The van der Waals surface area contributed by atoms with Crippen LogP contribution in [0.1, 0.15) is 18.4 Å². The van der Waals surface area contributed by atoms with Crippen molar-refractivity contribution in [1.29, 1.82) is 0 Å². The third kappa shape index (κ3) is 3.70. The monoisotopic (exact) mass is 294 g/mol. The average molecular weight is 295 g/mol. The molecule has 0 radical (unpaired) electrons. The lowest BCUT2D eigenvalue weighted by Crippen LogP contribution is -2.37. The van der Waals surface area contributed by atoms with Gasteiger partial charge in [-0.2, -0.15) is 13.2 Å². The van der Waals surface area contributed by atoms with Gasteiger partial charge < -0.3 is 10.2 Å². The fraction of sp³-hybridized carbons (Fsp3) is 0.636. The molecule has 1 aromatic rings. The summed E-state index contributed by atoms with van der Waals surface area (Å²) < 4.78 is 37.5. The smallest absolute Gasteiger partial charge is 0.351 e. The predicted octanol–water partition coefficient (Wildman–Crippen LogP) is 2.65. The van der Waals surface area contributed by atoms with Crippen molar-refractivity contribution in [3.8, 4) is 0 Å². The van der Waals surface area contributed by atoms with Gasteiger partial charge in [-0.1, -0.05) is 11.6 Å². The van der Waals surface area contributed by atoms with Crippen LogP contribution >= 0.6 is 11.6 Å². The van der Waals surface area contributed by atoms with E-state index in [0.29, 0.717) is 6.20 Å². The van der Waals surface area contributed by atoms with Gasteiger partial charge in [0.05, 0.1) is 0 Å². The zero-order valence-corrected chi connectivity index (χ0v) is 11.1. The van der Waals surface area contributed by atoms with Gasteiger partial charge in [-0.05, 0) is 33.0 Å². The third-order valence-corrected chi connectivity index (χ3v) is 3.39. The number of hydrogen-bond donors (Lipinski definition) is 1. The summed E-state index contributed by atoms with van der Waals surface area (Å²) in [5.74, 6) is 0.146. The maximum atomic E-state index is 12.5. The van der Waals surface area contributed by atoms with Gasteiger partial charge in [0.15, 0.2) is 0 Å². The van der Waals surface area contributed by atoms with Crippen LogP contribution in [-0.4, -0.2) is 41.0 Å². The SMILES string of the molecule is CN1CCC(Nc2ncc(C(F)(F)F)c(Cl)n2)CC1. The summed E-state index contributed by atoms with van der Waals surface area (Å²) in [5, 5.41) is 2.45. The standard InChI is InChI=1S/C11H14ClF3N4/c1-19-4-2-7(3-5-19)17-10-16-6-8(9(12)18-10)11(13,14)15/h6-7H,2-5H2,1H3,(H,16,17,18). The Hall–Kier alpha value is -1.08. The number of piperidine rings is 1. The molecule has 1 aromatic heterocycles. The largest absolute Gasteiger partial charge is 0.420 e. The summed E-state index contributed by atoms with van der Waals surface area (Å²) in [6.45, 7) is 1.87. The van der Waals surface area contributed by atoms with Crippen molar-refractivity contribution in [1.82, 2.24) is 14.9 Å². The Kier molecular flexibility index (Phi) is 4.15. The first-order chi connectivity index (χ1) is 8.86. The second-order valence-electron chi connectivity index (χ2n) is 4.62. The summed E-state index contributed by atoms with van der Waals surface area (Å²) in [4.78, 5) is 9.53. The zero-order chi connectivity index (χ0) is 14.0. The summed E-state index contributed by atoms with van der Waals surface area (Å²) in [7, 11) is 2.03. The lowest BCUT2D eigenvalue weighted by atomic mass is 10.1. The van der Waals surface area contributed by atoms with Crippen LogP contribution in [0.15, 0.2) is 6.20 Å². The number of nitrogens with zero attached hydrogens (tertiary/aromatic N) is 3. The number of nitrogens with one attached hydrogen (secondary N) is 1. The van der Waals surface area contributed by atoms with Crippen LogP contribution in [0.3, 0.4) is 0 Å². The van der Waals surface area contributed by atoms with E-state index in [9.17, 15) is 13.2 Å². The number of alkyl halides is 3. The quantitative estimate of drug-likeness (QED) is 0.852. The highest BCUT2D eigenvalue weighted by atomic mass is 35.5. The molecule has 0 aromatic carbocycles. The maximum absolute atomic E-state index is 12.5. The molecule has 8 heteroatoms. The fourth-order valence-electron chi connectivity index (χ4n) is 1.96. The number of hydrogen-bond acceptors (Lipinski definition) is 4. The van der Waals surface area contributed by atoms with Gasteiger partial charge in [0.2, 0.25) is 5.95 Å². The van der Waals surface area contributed by atoms with E-state index in [1.165, 1.54) is 0 Å². The molecular weight excluding hydrogens is 281 g/mol. The lowest BCUT2D eigenvalue weighted by Gasteiger charge is -2.29. The summed E-state index contributed by atoms with van der Waals surface area (Å²) in [5.41, 5.74) is -1.01. The van der Waals surface area contributed by atoms with Gasteiger partial charge >= 0.3 is 6.18 Å². The summed E-state index contributed by atoms with van der Waals surface area (Å²) >= 11 is 5.54.